The average molecular weight is 381 g/mol. The molecule has 1 aliphatic heterocycles. The summed E-state index contributed by atoms with van der Waals surface area (Å²) in [5.74, 6) is -1.03. The van der Waals surface area contributed by atoms with E-state index in [-0.39, 0.29) is 12.8 Å². The van der Waals surface area contributed by atoms with Gasteiger partial charge in [0.15, 0.2) is 0 Å². The molecule has 0 aliphatic carbocycles. The van der Waals surface area contributed by atoms with E-state index < -0.39 is 17.9 Å². The number of hydroxylamine groups is 2. The summed E-state index contributed by atoms with van der Waals surface area (Å²) in [5.41, 5.74) is 5.44. The SMILES string of the molecule is Cc1cccc(NC(=O)ON2C(=O)CCC2=O)c1-c1c(C)cccc1N(C)C. The smallest absolute Gasteiger partial charge is 0.377 e. The number of nitrogens with one attached hydrogen (secondary N) is 1. The Morgan fingerprint density at radius 3 is 2.14 bits per heavy atom. The lowest BCUT2D eigenvalue weighted by Gasteiger charge is -2.23. The molecule has 1 aliphatic rings. The zero-order valence-electron chi connectivity index (χ0n) is 16.4. The van der Waals surface area contributed by atoms with Crippen molar-refractivity contribution in [1.29, 1.82) is 0 Å². The fourth-order valence-electron chi connectivity index (χ4n) is 3.33. The molecule has 2 aromatic carbocycles. The van der Waals surface area contributed by atoms with E-state index in [1.807, 2.05) is 63.2 Å². The molecule has 0 bridgehead atoms. The molecule has 7 heteroatoms. The van der Waals surface area contributed by atoms with E-state index in [0.717, 1.165) is 27.9 Å². The van der Waals surface area contributed by atoms with Crippen LogP contribution in [-0.4, -0.2) is 37.1 Å². The van der Waals surface area contributed by atoms with Gasteiger partial charge < -0.3 is 9.74 Å². The molecular weight excluding hydrogens is 358 g/mol. The van der Waals surface area contributed by atoms with Crippen LogP contribution in [0.1, 0.15) is 24.0 Å². The molecule has 0 aromatic heterocycles. The Balaban J connectivity index is 1.97. The molecule has 0 spiro atoms. The molecule has 0 saturated carbocycles. The number of hydrogen-bond acceptors (Lipinski definition) is 5. The highest BCUT2D eigenvalue weighted by atomic mass is 16.7. The van der Waals surface area contributed by atoms with E-state index >= 15 is 0 Å². The maximum Gasteiger partial charge on any atom is 0.436 e. The number of carbonyl (C=O) groups is 3. The molecule has 1 heterocycles. The van der Waals surface area contributed by atoms with Crippen LogP contribution in [0.4, 0.5) is 16.2 Å². The second-order valence-electron chi connectivity index (χ2n) is 6.95. The van der Waals surface area contributed by atoms with Crippen LogP contribution in [0, 0.1) is 13.8 Å². The predicted octanol–water partition coefficient (Wildman–Crippen LogP) is 3.65. The summed E-state index contributed by atoms with van der Waals surface area (Å²) >= 11 is 0. The predicted molar refractivity (Wildman–Crippen MR) is 107 cm³/mol. The third-order valence-corrected chi connectivity index (χ3v) is 4.67. The molecule has 0 radical (unpaired) electrons. The Labute approximate surface area is 163 Å². The Morgan fingerprint density at radius 2 is 1.54 bits per heavy atom. The number of anilines is 2. The molecule has 1 fully saturated rings. The first kappa shape index (κ1) is 19.4. The quantitative estimate of drug-likeness (QED) is 0.818. The van der Waals surface area contributed by atoms with Crippen LogP contribution in [0.3, 0.4) is 0 Å². The van der Waals surface area contributed by atoms with Gasteiger partial charge in [0.2, 0.25) is 0 Å². The lowest BCUT2D eigenvalue weighted by atomic mass is 9.93. The van der Waals surface area contributed by atoms with Crippen LogP contribution >= 0.6 is 0 Å². The van der Waals surface area contributed by atoms with Crippen molar-refractivity contribution in [3.63, 3.8) is 0 Å². The van der Waals surface area contributed by atoms with Crippen molar-refractivity contribution < 1.29 is 19.2 Å². The summed E-state index contributed by atoms with van der Waals surface area (Å²) < 4.78 is 0. The second-order valence-corrected chi connectivity index (χ2v) is 6.95. The minimum absolute atomic E-state index is 0.0528. The Kier molecular flexibility index (Phi) is 5.35. The van der Waals surface area contributed by atoms with E-state index in [1.165, 1.54) is 0 Å². The van der Waals surface area contributed by atoms with Gasteiger partial charge in [-0.2, -0.15) is 0 Å². The van der Waals surface area contributed by atoms with Crippen molar-refractivity contribution in [2.45, 2.75) is 26.7 Å². The number of nitrogens with zero attached hydrogens (tertiary/aromatic N) is 2. The summed E-state index contributed by atoms with van der Waals surface area (Å²) in [6, 6.07) is 11.6. The van der Waals surface area contributed by atoms with Crippen LogP contribution in [0.25, 0.3) is 11.1 Å². The van der Waals surface area contributed by atoms with E-state index in [1.54, 1.807) is 6.07 Å². The molecule has 2 aromatic rings. The molecule has 1 N–H and O–H groups in total. The average Bonchev–Trinajstić information content (AvgIpc) is 2.94. The van der Waals surface area contributed by atoms with E-state index in [2.05, 4.69) is 5.32 Å². The van der Waals surface area contributed by atoms with Gasteiger partial charge in [-0.1, -0.05) is 24.3 Å². The summed E-state index contributed by atoms with van der Waals surface area (Å²) in [7, 11) is 3.92. The first-order valence-corrected chi connectivity index (χ1v) is 9.01. The van der Waals surface area contributed by atoms with E-state index in [4.69, 9.17) is 4.84 Å². The van der Waals surface area contributed by atoms with Gasteiger partial charge in [-0.25, -0.2) is 4.79 Å². The molecular formula is C21H23N3O4. The van der Waals surface area contributed by atoms with Gasteiger partial charge in [-0.3, -0.25) is 14.9 Å². The minimum atomic E-state index is -0.879. The Hall–Kier alpha value is -3.35. The summed E-state index contributed by atoms with van der Waals surface area (Å²) in [4.78, 5) is 42.7. The van der Waals surface area contributed by atoms with Crippen molar-refractivity contribution >= 4 is 29.3 Å². The van der Waals surface area contributed by atoms with Crippen molar-refractivity contribution in [2.24, 2.45) is 0 Å². The number of benzene rings is 2. The van der Waals surface area contributed by atoms with Gasteiger partial charge >= 0.3 is 6.09 Å². The lowest BCUT2D eigenvalue weighted by molar-refractivity contribution is -0.170. The molecule has 146 valence electrons. The normalized spacial score (nSPS) is 13.6. The second kappa shape index (κ2) is 7.72. The van der Waals surface area contributed by atoms with Gasteiger partial charge in [-0.05, 0) is 37.1 Å². The molecule has 0 atom stereocenters. The summed E-state index contributed by atoms with van der Waals surface area (Å²) in [5, 5.41) is 3.22. The number of carbonyl (C=O) groups excluding carboxylic acids is 3. The molecule has 3 amide bonds. The number of aryl methyl sites for hydroxylation is 2. The third-order valence-electron chi connectivity index (χ3n) is 4.67. The number of hydrogen-bond donors (Lipinski definition) is 1. The van der Waals surface area contributed by atoms with Crippen LogP contribution in [-0.2, 0) is 14.4 Å². The molecule has 1 saturated heterocycles. The maximum atomic E-state index is 12.4. The Bertz CT molecular complexity index is 937. The summed E-state index contributed by atoms with van der Waals surface area (Å²) in [6.45, 7) is 3.98. The monoisotopic (exact) mass is 381 g/mol. The fraction of sp³-hybridized carbons (Fsp3) is 0.286. The number of amides is 3. The van der Waals surface area contributed by atoms with Crippen molar-refractivity contribution in [3.8, 4) is 11.1 Å². The molecule has 3 rings (SSSR count). The van der Waals surface area contributed by atoms with E-state index in [0.29, 0.717) is 10.8 Å². The van der Waals surface area contributed by atoms with Crippen LogP contribution in [0.2, 0.25) is 0 Å². The van der Waals surface area contributed by atoms with Gasteiger partial charge in [-0.15, -0.1) is 5.06 Å². The third kappa shape index (κ3) is 3.69. The highest BCUT2D eigenvalue weighted by Gasteiger charge is 2.33. The summed E-state index contributed by atoms with van der Waals surface area (Å²) in [6.07, 6.45) is -0.774. The minimum Gasteiger partial charge on any atom is -0.377 e. The standard InChI is InChI=1S/C21H23N3O4/c1-13-7-5-9-15(22-21(27)28-24-17(25)11-12-18(24)26)19(13)20-14(2)8-6-10-16(20)23(3)4/h5-10H,11-12H2,1-4H3,(H,22,27). The van der Waals surface area contributed by atoms with Gasteiger partial charge in [0.1, 0.15) is 0 Å². The van der Waals surface area contributed by atoms with Crippen molar-refractivity contribution in [1.82, 2.24) is 5.06 Å². The maximum absolute atomic E-state index is 12.4. The lowest BCUT2D eigenvalue weighted by Crippen LogP contribution is -2.34. The fourth-order valence-corrected chi connectivity index (χ4v) is 3.33. The first-order chi connectivity index (χ1) is 13.3. The zero-order chi connectivity index (χ0) is 20.4. The van der Waals surface area contributed by atoms with Gasteiger partial charge in [0.05, 0.1) is 5.69 Å². The number of imide groups is 1. The molecule has 28 heavy (non-hydrogen) atoms. The van der Waals surface area contributed by atoms with Crippen LogP contribution in [0.5, 0.6) is 0 Å². The highest BCUT2D eigenvalue weighted by molar-refractivity contribution is 6.03. The highest BCUT2D eigenvalue weighted by Crippen LogP contribution is 2.39. The van der Waals surface area contributed by atoms with Crippen molar-refractivity contribution in [2.75, 3.05) is 24.3 Å². The van der Waals surface area contributed by atoms with Gasteiger partial charge in [0.25, 0.3) is 11.8 Å². The number of rotatable bonds is 4. The van der Waals surface area contributed by atoms with Crippen molar-refractivity contribution in [3.05, 3.63) is 47.5 Å². The first-order valence-electron chi connectivity index (χ1n) is 9.01. The largest absolute Gasteiger partial charge is 0.436 e. The van der Waals surface area contributed by atoms with Crippen LogP contribution in [0.15, 0.2) is 36.4 Å². The topological polar surface area (TPSA) is 79.0 Å². The van der Waals surface area contributed by atoms with Crippen LogP contribution < -0.4 is 10.2 Å². The molecule has 0 unspecified atom stereocenters. The van der Waals surface area contributed by atoms with E-state index in [9.17, 15) is 14.4 Å². The zero-order valence-corrected chi connectivity index (χ0v) is 16.4. The Morgan fingerprint density at radius 1 is 0.964 bits per heavy atom. The van der Waals surface area contributed by atoms with Gasteiger partial charge in [0, 0.05) is 43.8 Å². The molecule has 7 nitrogen and oxygen atoms in total.